The Kier molecular flexibility index (Phi) is 5.93. The number of carbonyl (C=O) groups excluding carboxylic acids is 1. The van der Waals surface area contributed by atoms with Crippen LogP contribution < -0.4 is 15.8 Å². The van der Waals surface area contributed by atoms with E-state index in [4.69, 9.17) is 15.2 Å². The summed E-state index contributed by atoms with van der Waals surface area (Å²) in [7, 11) is 1.47. The Balaban J connectivity index is 3.05. The summed E-state index contributed by atoms with van der Waals surface area (Å²) in [5.41, 5.74) is 4.06. The second kappa shape index (κ2) is 7.12. The van der Waals surface area contributed by atoms with E-state index in [9.17, 15) is 13.6 Å². The number of amides is 1. The third-order valence-electron chi connectivity index (χ3n) is 3.02. The summed E-state index contributed by atoms with van der Waals surface area (Å²) in [6.07, 6.45) is -3.48. The van der Waals surface area contributed by atoms with Crippen molar-refractivity contribution in [2.75, 3.05) is 12.4 Å². The van der Waals surface area contributed by atoms with E-state index in [1.165, 1.54) is 14.0 Å². The minimum absolute atomic E-state index is 0.111. The van der Waals surface area contributed by atoms with E-state index in [1.807, 2.05) is 0 Å². The molecule has 0 aliphatic rings. The van der Waals surface area contributed by atoms with Gasteiger partial charge in [-0.1, -0.05) is 6.07 Å². The molecule has 0 saturated carbocycles. The molecular weight excluding hydrogens is 306 g/mol. The predicted octanol–water partition coefficient (Wildman–Crippen LogP) is 3.57. The highest BCUT2D eigenvalue weighted by atomic mass is 19.3. The van der Waals surface area contributed by atoms with Crippen molar-refractivity contribution in [3.63, 3.8) is 0 Å². The molecule has 0 bridgehead atoms. The zero-order chi connectivity index (χ0) is 17.8. The van der Waals surface area contributed by atoms with Gasteiger partial charge in [0.25, 0.3) is 6.43 Å². The van der Waals surface area contributed by atoms with Crippen molar-refractivity contribution in [2.45, 2.75) is 51.7 Å². The molecule has 0 fully saturated rings. The van der Waals surface area contributed by atoms with Crippen LogP contribution in [0.2, 0.25) is 0 Å². The third-order valence-corrected chi connectivity index (χ3v) is 3.02. The summed E-state index contributed by atoms with van der Waals surface area (Å²) in [6.45, 7) is 6.45. The summed E-state index contributed by atoms with van der Waals surface area (Å²) in [5.74, 6) is 0.482. The smallest absolute Gasteiger partial charge is 0.412 e. The van der Waals surface area contributed by atoms with Gasteiger partial charge in [-0.25, -0.2) is 13.6 Å². The molecule has 7 heteroatoms. The Morgan fingerprint density at radius 3 is 2.39 bits per heavy atom. The van der Waals surface area contributed by atoms with Crippen molar-refractivity contribution in [3.05, 3.63) is 23.8 Å². The largest absolute Gasteiger partial charge is 0.497 e. The number of rotatable bonds is 5. The SMILES string of the molecule is COc1ccc(CC(C)(N)C(F)F)c(NC(=O)OC(C)(C)C)c1. The minimum atomic E-state index is -2.70. The number of carbonyl (C=O) groups is 1. The molecule has 0 spiro atoms. The average Bonchev–Trinajstić information content (AvgIpc) is 2.38. The quantitative estimate of drug-likeness (QED) is 0.865. The lowest BCUT2D eigenvalue weighted by Crippen LogP contribution is -2.46. The first kappa shape index (κ1) is 19.2. The van der Waals surface area contributed by atoms with Gasteiger partial charge >= 0.3 is 6.09 Å². The number of ether oxygens (including phenoxy) is 2. The number of halogens is 2. The van der Waals surface area contributed by atoms with E-state index < -0.39 is 23.7 Å². The van der Waals surface area contributed by atoms with E-state index in [0.717, 1.165) is 0 Å². The van der Waals surface area contributed by atoms with Crippen molar-refractivity contribution >= 4 is 11.8 Å². The molecule has 1 amide bonds. The first-order valence-electron chi connectivity index (χ1n) is 7.18. The molecule has 5 nitrogen and oxygen atoms in total. The Hall–Kier alpha value is -1.89. The summed E-state index contributed by atoms with van der Waals surface area (Å²) >= 11 is 0. The maximum absolute atomic E-state index is 13.0. The van der Waals surface area contributed by atoms with Gasteiger partial charge in [-0.2, -0.15) is 0 Å². The van der Waals surface area contributed by atoms with Crippen LogP contribution in [0.25, 0.3) is 0 Å². The molecule has 130 valence electrons. The molecule has 23 heavy (non-hydrogen) atoms. The molecule has 1 aromatic rings. The number of nitrogens with two attached hydrogens (primary N) is 1. The fourth-order valence-corrected chi connectivity index (χ4v) is 1.85. The van der Waals surface area contributed by atoms with Gasteiger partial charge in [0.05, 0.1) is 18.3 Å². The van der Waals surface area contributed by atoms with Gasteiger partial charge in [0.15, 0.2) is 0 Å². The predicted molar refractivity (Wildman–Crippen MR) is 85.2 cm³/mol. The van der Waals surface area contributed by atoms with E-state index in [0.29, 0.717) is 17.0 Å². The van der Waals surface area contributed by atoms with Crippen LogP contribution in [-0.2, 0) is 11.2 Å². The third kappa shape index (κ3) is 6.02. The van der Waals surface area contributed by atoms with Gasteiger partial charge in [-0.15, -0.1) is 0 Å². The van der Waals surface area contributed by atoms with Gasteiger partial charge in [0.2, 0.25) is 0 Å². The molecule has 0 heterocycles. The van der Waals surface area contributed by atoms with Crippen molar-refractivity contribution in [2.24, 2.45) is 5.73 Å². The zero-order valence-electron chi connectivity index (χ0n) is 14.1. The van der Waals surface area contributed by atoms with Crippen LogP contribution in [0.3, 0.4) is 0 Å². The number of benzene rings is 1. The lowest BCUT2D eigenvalue weighted by Gasteiger charge is -2.25. The molecule has 1 aromatic carbocycles. The van der Waals surface area contributed by atoms with Gasteiger partial charge < -0.3 is 15.2 Å². The van der Waals surface area contributed by atoms with Gasteiger partial charge in [0, 0.05) is 6.07 Å². The number of alkyl halides is 2. The standard InChI is InChI=1S/C16H24F2N2O3/c1-15(2,3)23-14(21)20-12-8-11(22-5)7-6-10(12)9-16(4,19)13(17)18/h6-8,13H,9,19H2,1-5H3,(H,20,21). The Morgan fingerprint density at radius 2 is 1.91 bits per heavy atom. The van der Waals surface area contributed by atoms with Crippen LogP contribution in [-0.4, -0.2) is 30.8 Å². The fourth-order valence-electron chi connectivity index (χ4n) is 1.85. The summed E-state index contributed by atoms with van der Waals surface area (Å²) < 4.78 is 36.3. The summed E-state index contributed by atoms with van der Waals surface area (Å²) in [5, 5.41) is 2.56. The minimum Gasteiger partial charge on any atom is -0.497 e. The monoisotopic (exact) mass is 330 g/mol. The van der Waals surface area contributed by atoms with Crippen molar-refractivity contribution in [1.82, 2.24) is 0 Å². The molecule has 0 saturated heterocycles. The molecule has 3 N–H and O–H groups in total. The van der Waals surface area contributed by atoms with Crippen molar-refractivity contribution in [3.8, 4) is 5.75 Å². The maximum Gasteiger partial charge on any atom is 0.412 e. The fraction of sp³-hybridized carbons (Fsp3) is 0.562. The molecule has 0 aromatic heterocycles. The van der Waals surface area contributed by atoms with Gasteiger partial charge in [0.1, 0.15) is 11.4 Å². The highest BCUT2D eigenvalue weighted by Gasteiger charge is 2.31. The molecule has 1 atom stereocenters. The molecule has 0 aliphatic heterocycles. The summed E-state index contributed by atoms with van der Waals surface area (Å²) in [6, 6.07) is 4.76. The summed E-state index contributed by atoms with van der Waals surface area (Å²) in [4.78, 5) is 11.9. The first-order valence-corrected chi connectivity index (χ1v) is 7.18. The van der Waals surface area contributed by atoms with Crippen LogP contribution >= 0.6 is 0 Å². The van der Waals surface area contributed by atoms with Crippen LogP contribution in [0, 0.1) is 0 Å². The lowest BCUT2D eigenvalue weighted by atomic mass is 9.93. The van der Waals surface area contributed by atoms with Crippen LogP contribution in [0.5, 0.6) is 5.75 Å². The Labute approximate surface area is 135 Å². The Morgan fingerprint density at radius 1 is 1.30 bits per heavy atom. The van der Waals surface area contributed by atoms with Crippen LogP contribution in [0.1, 0.15) is 33.3 Å². The van der Waals surface area contributed by atoms with E-state index in [-0.39, 0.29) is 6.42 Å². The van der Waals surface area contributed by atoms with Crippen LogP contribution in [0.4, 0.5) is 19.3 Å². The highest BCUT2D eigenvalue weighted by molar-refractivity contribution is 5.86. The van der Waals surface area contributed by atoms with Crippen molar-refractivity contribution < 1.29 is 23.0 Å². The normalized spacial score (nSPS) is 14.3. The molecule has 0 radical (unpaired) electrons. The molecule has 1 unspecified atom stereocenters. The maximum atomic E-state index is 13.0. The second-order valence-electron chi connectivity index (χ2n) is 6.63. The van der Waals surface area contributed by atoms with Gasteiger partial charge in [-0.3, -0.25) is 5.32 Å². The number of hydrogen-bond acceptors (Lipinski definition) is 4. The second-order valence-corrected chi connectivity index (χ2v) is 6.63. The highest BCUT2D eigenvalue weighted by Crippen LogP contribution is 2.28. The zero-order valence-corrected chi connectivity index (χ0v) is 14.1. The van der Waals surface area contributed by atoms with E-state index in [1.54, 1.807) is 39.0 Å². The Bertz CT molecular complexity index is 555. The number of methoxy groups -OCH3 is 1. The molecule has 1 rings (SSSR count). The number of anilines is 1. The molecule has 0 aliphatic carbocycles. The molecular formula is C16H24F2N2O3. The number of nitrogens with one attached hydrogen (secondary N) is 1. The average molecular weight is 330 g/mol. The first-order chi connectivity index (χ1) is 10.4. The van der Waals surface area contributed by atoms with E-state index in [2.05, 4.69) is 5.32 Å². The topological polar surface area (TPSA) is 73.6 Å². The van der Waals surface area contributed by atoms with Crippen LogP contribution in [0.15, 0.2) is 18.2 Å². The lowest BCUT2D eigenvalue weighted by molar-refractivity contribution is 0.0631. The van der Waals surface area contributed by atoms with Crippen molar-refractivity contribution in [1.29, 1.82) is 0 Å². The van der Waals surface area contributed by atoms with E-state index >= 15 is 0 Å². The van der Waals surface area contributed by atoms with Gasteiger partial charge in [-0.05, 0) is 45.7 Å². The number of hydrogen-bond donors (Lipinski definition) is 2.